The summed E-state index contributed by atoms with van der Waals surface area (Å²) in [6.07, 6.45) is -0.135. The minimum Gasteiger partial charge on any atom is -0.342 e. The van der Waals surface area contributed by atoms with E-state index in [2.05, 4.69) is 29.6 Å². The lowest BCUT2D eigenvalue weighted by atomic mass is 9.64. The predicted molar refractivity (Wildman–Crippen MR) is 117 cm³/mol. The Balaban J connectivity index is 1.36. The minimum absolute atomic E-state index is 0.161. The van der Waals surface area contributed by atoms with E-state index in [0.717, 1.165) is 49.9 Å². The average molecular weight is 443 g/mol. The van der Waals surface area contributed by atoms with E-state index in [4.69, 9.17) is 0 Å². The highest BCUT2D eigenvalue weighted by Crippen LogP contribution is 2.47. The molecule has 3 nitrogen and oxygen atoms in total. The lowest BCUT2D eigenvalue weighted by Crippen LogP contribution is -2.49. The van der Waals surface area contributed by atoms with Crippen molar-refractivity contribution < 1.29 is 18.0 Å². The summed E-state index contributed by atoms with van der Waals surface area (Å²) < 4.78 is 39.8. The van der Waals surface area contributed by atoms with E-state index < -0.39 is 17.2 Å². The number of amides is 1. The molecular formula is C26H29F3N2O. The van der Waals surface area contributed by atoms with E-state index in [1.807, 2.05) is 11.0 Å². The van der Waals surface area contributed by atoms with Crippen LogP contribution >= 0.6 is 0 Å². The summed E-state index contributed by atoms with van der Waals surface area (Å²) in [6.45, 7) is 2.73. The van der Waals surface area contributed by atoms with Gasteiger partial charge in [-0.05, 0) is 66.8 Å². The maximum atomic E-state index is 13.7. The molecule has 170 valence electrons. The third-order valence-electron chi connectivity index (χ3n) is 7.87. The van der Waals surface area contributed by atoms with Crippen LogP contribution in [0.4, 0.5) is 13.2 Å². The molecule has 2 aromatic carbocycles. The highest BCUT2D eigenvalue weighted by molar-refractivity contribution is 5.82. The molecule has 6 heteroatoms. The average Bonchev–Trinajstić information content (AvgIpc) is 3.22. The number of hydrogen-bond acceptors (Lipinski definition) is 2. The first-order chi connectivity index (χ1) is 15.4. The van der Waals surface area contributed by atoms with E-state index in [1.54, 1.807) is 6.07 Å². The number of nitrogens with one attached hydrogen (secondary N) is 1. The largest absolute Gasteiger partial charge is 0.416 e. The fourth-order valence-corrected chi connectivity index (χ4v) is 6.20. The van der Waals surface area contributed by atoms with Crippen LogP contribution < -0.4 is 5.32 Å². The SMILES string of the molecule is O=C(C1CNCC12CCCc1cc(C(F)(F)F)ccc12)N1CCC(c2ccccc2)CC1. The van der Waals surface area contributed by atoms with E-state index in [-0.39, 0.29) is 11.8 Å². The number of alkyl halides is 3. The van der Waals surface area contributed by atoms with Crippen LogP contribution in [0.1, 0.15) is 53.9 Å². The Hall–Kier alpha value is -2.34. The summed E-state index contributed by atoms with van der Waals surface area (Å²) in [7, 11) is 0. The van der Waals surface area contributed by atoms with Crippen molar-refractivity contribution in [3.8, 4) is 0 Å². The van der Waals surface area contributed by atoms with Gasteiger partial charge < -0.3 is 10.2 Å². The van der Waals surface area contributed by atoms with Crippen LogP contribution in [0.2, 0.25) is 0 Å². The summed E-state index contributed by atoms with van der Waals surface area (Å²) in [5.74, 6) is 0.424. The van der Waals surface area contributed by atoms with Gasteiger partial charge in [-0.25, -0.2) is 0 Å². The van der Waals surface area contributed by atoms with Gasteiger partial charge in [0.2, 0.25) is 5.91 Å². The molecule has 1 spiro atoms. The molecule has 5 rings (SSSR count). The smallest absolute Gasteiger partial charge is 0.342 e. The summed E-state index contributed by atoms with van der Waals surface area (Å²) >= 11 is 0. The van der Waals surface area contributed by atoms with Crippen molar-refractivity contribution in [1.82, 2.24) is 10.2 Å². The number of fused-ring (bicyclic) bond motifs is 2. The predicted octanol–water partition coefficient (Wildman–Crippen LogP) is 4.91. The molecular weight excluding hydrogens is 413 g/mol. The van der Waals surface area contributed by atoms with Gasteiger partial charge in [-0.1, -0.05) is 36.4 Å². The Bertz CT molecular complexity index is 982. The quantitative estimate of drug-likeness (QED) is 0.717. The molecule has 0 radical (unpaired) electrons. The molecule has 2 fully saturated rings. The number of carbonyl (C=O) groups is 1. The first-order valence-corrected chi connectivity index (χ1v) is 11.6. The Morgan fingerprint density at radius 3 is 2.53 bits per heavy atom. The maximum Gasteiger partial charge on any atom is 0.416 e. The van der Waals surface area contributed by atoms with Gasteiger partial charge in [-0.2, -0.15) is 13.2 Å². The number of likely N-dealkylation sites (tertiary alicyclic amines) is 1. The van der Waals surface area contributed by atoms with Gasteiger partial charge in [0.1, 0.15) is 0 Å². The highest BCUT2D eigenvalue weighted by Gasteiger charge is 2.51. The number of piperidine rings is 1. The van der Waals surface area contributed by atoms with Gasteiger partial charge in [0.05, 0.1) is 11.5 Å². The van der Waals surface area contributed by atoms with Crippen molar-refractivity contribution in [2.75, 3.05) is 26.2 Å². The van der Waals surface area contributed by atoms with Crippen LogP contribution in [-0.2, 0) is 22.8 Å². The normalized spacial score (nSPS) is 26.3. The topological polar surface area (TPSA) is 32.3 Å². The van der Waals surface area contributed by atoms with Gasteiger partial charge in [0.25, 0.3) is 0 Å². The zero-order chi connectivity index (χ0) is 22.3. The van der Waals surface area contributed by atoms with Crippen molar-refractivity contribution in [2.45, 2.75) is 49.6 Å². The van der Waals surface area contributed by atoms with Crippen LogP contribution in [0, 0.1) is 5.92 Å². The fourth-order valence-electron chi connectivity index (χ4n) is 6.20. The second-order valence-corrected chi connectivity index (χ2v) is 9.57. The van der Waals surface area contributed by atoms with Gasteiger partial charge >= 0.3 is 6.18 Å². The molecule has 0 bridgehead atoms. The monoisotopic (exact) mass is 442 g/mol. The molecule has 0 aromatic heterocycles. The number of carbonyl (C=O) groups excluding carboxylic acids is 1. The Morgan fingerprint density at radius 1 is 1.06 bits per heavy atom. The van der Waals surface area contributed by atoms with Crippen molar-refractivity contribution in [3.63, 3.8) is 0 Å². The maximum absolute atomic E-state index is 13.7. The van der Waals surface area contributed by atoms with Gasteiger partial charge in [-0.3, -0.25) is 4.79 Å². The number of benzene rings is 2. The van der Waals surface area contributed by atoms with Gasteiger partial charge in [0, 0.05) is 31.6 Å². The molecule has 2 heterocycles. The van der Waals surface area contributed by atoms with Crippen molar-refractivity contribution in [3.05, 3.63) is 70.8 Å². The number of halogens is 3. The van der Waals surface area contributed by atoms with Crippen molar-refractivity contribution in [2.24, 2.45) is 5.92 Å². The fraction of sp³-hybridized carbons (Fsp3) is 0.500. The molecule has 1 aliphatic carbocycles. The van der Waals surface area contributed by atoms with Crippen LogP contribution in [0.5, 0.6) is 0 Å². The van der Waals surface area contributed by atoms with Crippen LogP contribution in [0.15, 0.2) is 48.5 Å². The molecule has 3 aliphatic rings. The first-order valence-electron chi connectivity index (χ1n) is 11.6. The Kier molecular flexibility index (Phi) is 5.52. The number of hydrogen-bond donors (Lipinski definition) is 1. The molecule has 32 heavy (non-hydrogen) atoms. The molecule has 2 aliphatic heterocycles. The summed E-state index contributed by atoms with van der Waals surface area (Å²) in [5, 5.41) is 3.40. The number of rotatable bonds is 2. The molecule has 2 unspecified atom stereocenters. The second kappa shape index (κ2) is 8.22. The summed E-state index contributed by atoms with van der Waals surface area (Å²) in [5.41, 5.74) is 2.05. The lowest BCUT2D eigenvalue weighted by Gasteiger charge is -2.42. The molecule has 1 amide bonds. The Morgan fingerprint density at radius 2 is 1.81 bits per heavy atom. The number of aryl methyl sites for hydroxylation is 1. The number of nitrogens with zero attached hydrogens (tertiary/aromatic N) is 1. The molecule has 0 saturated carbocycles. The van der Waals surface area contributed by atoms with E-state index >= 15 is 0 Å². The van der Waals surface area contributed by atoms with Crippen molar-refractivity contribution >= 4 is 5.91 Å². The molecule has 2 aromatic rings. The van der Waals surface area contributed by atoms with Crippen LogP contribution in [0.3, 0.4) is 0 Å². The van der Waals surface area contributed by atoms with Crippen LogP contribution in [-0.4, -0.2) is 37.0 Å². The first kappa shape index (κ1) is 21.5. The molecule has 2 atom stereocenters. The zero-order valence-electron chi connectivity index (χ0n) is 18.1. The third-order valence-corrected chi connectivity index (χ3v) is 7.87. The van der Waals surface area contributed by atoms with Gasteiger partial charge in [-0.15, -0.1) is 0 Å². The Labute approximate surface area is 187 Å². The van der Waals surface area contributed by atoms with Gasteiger partial charge in [0.15, 0.2) is 0 Å². The second-order valence-electron chi connectivity index (χ2n) is 9.57. The van der Waals surface area contributed by atoms with E-state index in [9.17, 15) is 18.0 Å². The highest BCUT2D eigenvalue weighted by atomic mass is 19.4. The third kappa shape index (κ3) is 3.72. The van der Waals surface area contributed by atoms with Crippen molar-refractivity contribution in [1.29, 1.82) is 0 Å². The summed E-state index contributed by atoms with van der Waals surface area (Å²) in [6, 6.07) is 14.6. The zero-order valence-corrected chi connectivity index (χ0v) is 18.1. The summed E-state index contributed by atoms with van der Waals surface area (Å²) in [4.78, 5) is 15.7. The minimum atomic E-state index is -4.34. The lowest BCUT2D eigenvalue weighted by molar-refractivity contribution is -0.139. The van der Waals surface area contributed by atoms with E-state index in [0.29, 0.717) is 25.4 Å². The van der Waals surface area contributed by atoms with Crippen LogP contribution in [0.25, 0.3) is 0 Å². The molecule has 1 N–H and O–H groups in total. The molecule has 2 saturated heterocycles. The van der Waals surface area contributed by atoms with E-state index in [1.165, 1.54) is 17.7 Å². The standard InChI is InChI=1S/C26H29F3N2O/c27-26(28,29)21-8-9-22-20(15-21)7-4-12-25(22)17-30-16-23(25)24(32)31-13-10-19(11-14-31)18-5-2-1-3-6-18/h1-3,5-6,8-9,15,19,23,30H,4,7,10-14,16-17H2.